The summed E-state index contributed by atoms with van der Waals surface area (Å²) in [7, 11) is 0. The van der Waals surface area contributed by atoms with Gasteiger partial charge in [-0.2, -0.15) is 0 Å². The van der Waals surface area contributed by atoms with Crippen molar-refractivity contribution < 1.29 is 18.3 Å². The lowest BCUT2D eigenvalue weighted by Crippen LogP contribution is -2.39. The van der Waals surface area contributed by atoms with Crippen LogP contribution in [0.25, 0.3) is 0 Å². The third kappa shape index (κ3) is 4.13. The standard InChI is InChI=1S/C14H23F2NO2/c1-2-19-13(18)12-4-7-17(8-5-12)10-11-3-6-14(15,16)9-11/h11-12H,2-10H2,1H3. The van der Waals surface area contributed by atoms with Crippen LogP contribution >= 0.6 is 0 Å². The monoisotopic (exact) mass is 275 g/mol. The minimum atomic E-state index is -2.45. The van der Waals surface area contributed by atoms with Crippen molar-refractivity contribution in [1.29, 1.82) is 0 Å². The van der Waals surface area contributed by atoms with Gasteiger partial charge >= 0.3 is 5.97 Å². The normalized spacial score (nSPS) is 28.5. The zero-order valence-corrected chi connectivity index (χ0v) is 11.5. The van der Waals surface area contributed by atoms with Gasteiger partial charge in [0.2, 0.25) is 5.92 Å². The summed E-state index contributed by atoms with van der Waals surface area (Å²) in [5.74, 6) is -2.43. The topological polar surface area (TPSA) is 29.5 Å². The van der Waals surface area contributed by atoms with Crippen molar-refractivity contribution in [2.75, 3.05) is 26.2 Å². The van der Waals surface area contributed by atoms with Crippen LogP contribution in [0.15, 0.2) is 0 Å². The largest absolute Gasteiger partial charge is 0.466 e. The number of piperidine rings is 1. The van der Waals surface area contributed by atoms with Crippen LogP contribution in [0, 0.1) is 11.8 Å². The second kappa shape index (κ2) is 6.16. The van der Waals surface area contributed by atoms with E-state index in [4.69, 9.17) is 4.74 Å². The molecule has 2 rings (SSSR count). The van der Waals surface area contributed by atoms with E-state index in [0.29, 0.717) is 13.0 Å². The zero-order valence-electron chi connectivity index (χ0n) is 11.5. The zero-order chi connectivity index (χ0) is 13.9. The molecule has 0 N–H and O–H groups in total. The summed E-state index contributed by atoms with van der Waals surface area (Å²) >= 11 is 0. The number of alkyl halides is 2. The Morgan fingerprint density at radius 3 is 2.53 bits per heavy atom. The third-order valence-electron chi connectivity index (χ3n) is 4.23. The van der Waals surface area contributed by atoms with Crippen molar-refractivity contribution in [3.05, 3.63) is 0 Å². The van der Waals surface area contributed by atoms with Crippen molar-refractivity contribution in [3.63, 3.8) is 0 Å². The molecule has 0 amide bonds. The van der Waals surface area contributed by atoms with Gasteiger partial charge in [-0.1, -0.05) is 0 Å². The van der Waals surface area contributed by atoms with Crippen LogP contribution in [0.3, 0.4) is 0 Å². The van der Waals surface area contributed by atoms with Crippen LogP contribution < -0.4 is 0 Å². The predicted octanol–water partition coefficient (Wildman–Crippen LogP) is 2.70. The molecule has 0 aromatic heterocycles. The highest BCUT2D eigenvalue weighted by atomic mass is 19.3. The summed E-state index contributed by atoms with van der Waals surface area (Å²) in [4.78, 5) is 13.8. The molecule has 0 radical (unpaired) electrons. The van der Waals surface area contributed by atoms with E-state index < -0.39 is 5.92 Å². The molecule has 0 spiro atoms. The lowest BCUT2D eigenvalue weighted by atomic mass is 9.96. The fourth-order valence-corrected chi connectivity index (χ4v) is 3.17. The van der Waals surface area contributed by atoms with Gasteiger partial charge in [0, 0.05) is 19.4 Å². The van der Waals surface area contributed by atoms with E-state index in [-0.39, 0.29) is 30.6 Å². The van der Waals surface area contributed by atoms with Gasteiger partial charge in [-0.15, -0.1) is 0 Å². The molecular weight excluding hydrogens is 252 g/mol. The summed E-state index contributed by atoms with van der Waals surface area (Å²) in [5.41, 5.74) is 0. The molecule has 19 heavy (non-hydrogen) atoms. The number of rotatable bonds is 4. The van der Waals surface area contributed by atoms with Crippen LogP contribution in [-0.2, 0) is 9.53 Å². The minimum Gasteiger partial charge on any atom is -0.466 e. The highest BCUT2D eigenvalue weighted by Crippen LogP contribution is 2.39. The van der Waals surface area contributed by atoms with Crippen LogP contribution in [-0.4, -0.2) is 43.0 Å². The highest BCUT2D eigenvalue weighted by molar-refractivity contribution is 5.72. The van der Waals surface area contributed by atoms with Gasteiger partial charge in [-0.05, 0) is 45.2 Å². The van der Waals surface area contributed by atoms with Crippen LogP contribution in [0.4, 0.5) is 8.78 Å². The van der Waals surface area contributed by atoms with E-state index in [1.165, 1.54) is 0 Å². The summed E-state index contributed by atoms with van der Waals surface area (Å²) in [6.45, 7) is 4.64. The fraction of sp³-hybridized carbons (Fsp3) is 0.929. The van der Waals surface area contributed by atoms with E-state index in [1.54, 1.807) is 0 Å². The highest BCUT2D eigenvalue weighted by Gasteiger charge is 2.40. The van der Waals surface area contributed by atoms with E-state index in [2.05, 4.69) is 4.90 Å². The molecule has 0 aromatic carbocycles. The van der Waals surface area contributed by atoms with E-state index in [1.807, 2.05) is 6.92 Å². The van der Waals surface area contributed by atoms with Crippen LogP contribution in [0.2, 0.25) is 0 Å². The van der Waals surface area contributed by atoms with Gasteiger partial charge in [0.05, 0.1) is 12.5 Å². The molecule has 1 aliphatic carbocycles. The second-order valence-corrected chi connectivity index (χ2v) is 5.79. The maximum absolute atomic E-state index is 13.1. The van der Waals surface area contributed by atoms with Gasteiger partial charge < -0.3 is 9.64 Å². The molecule has 1 heterocycles. The lowest BCUT2D eigenvalue weighted by Gasteiger charge is -2.32. The van der Waals surface area contributed by atoms with Crippen molar-refractivity contribution in [2.24, 2.45) is 11.8 Å². The molecular formula is C14H23F2NO2. The molecule has 1 unspecified atom stereocenters. The van der Waals surface area contributed by atoms with E-state index >= 15 is 0 Å². The number of hydrogen-bond acceptors (Lipinski definition) is 3. The number of carbonyl (C=O) groups excluding carboxylic acids is 1. The first-order valence-electron chi connectivity index (χ1n) is 7.27. The lowest BCUT2D eigenvalue weighted by molar-refractivity contribution is -0.149. The van der Waals surface area contributed by atoms with Crippen molar-refractivity contribution in [3.8, 4) is 0 Å². The van der Waals surface area contributed by atoms with Gasteiger partial charge in [0.15, 0.2) is 0 Å². The second-order valence-electron chi connectivity index (χ2n) is 5.79. The molecule has 2 fully saturated rings. The predicted molar refractivity (Wildman–Crippen MR) is 68.1 cm³/mol. The Labute approximate surface area is 113 Å². The fourth-order valence-electron chi connectivity index (χ4n) is 3.17. The Balaban J connectivity index is 1.71. The van der Waals surface area contributed by atoms with E-state index in [9.17, 15) is 13.6 Å². The van der Waals surface area contributed by atoms with Crippen LogP contribution in [0.5, 0.6) is 0 Å². The number of nitrogens with zero attached hydrogens (tertiary/aromatic N) is 1. The Bertz CT molecular complexity index is 315. The maximum atomic E-state index is 13.1. The average Bonchev–Trinajstić information content (AvgIpc) is 2.70. The first kappa shape index (κ1) is 14.7. The van der Waals surface area contributed by atoms with Gasteiger partial charge in [0.1, 0.15) is 0 Å². The summed E-state index contributed by atoms with van der Waals surface area (Å²) in [6.07, 6.45) is 2.29. The Kier molecular flexibility index (Phi) is 4.76. The minimum absolute atomic E-state index is 0.00113. The van der Waals surface area contributed by atoms with Gasteiger partial charge in [0.25, 0.3) is 0 Å². The molecule has 0 bridgehead atoms. The first-order valence-corrected chi connectivity index (χ1v) is 7.27. The van der Waals surface area contributed by atoms with Gasteiger partial charge in [-0.3, -0.25) is 4.79 Å². The number of halogens is 2. The molecule has 1 saturated carbocycles. The Morgan fingerprint density at radius 2 is 2.00 bits per heavy atom. The smallest absolute Gasteiger partial charge is 0.309 e. The third-order valence-corrected chi connectivity index (χ3v) is 4.23. The Morgan fingerprint density at radius 1 is 1.32 bits per heavy atom. The number of ether oxygens (including phenoxy) is 1. The Hall–Kier alpha value is -0.710. The summed E-state index contributed by atoms with van der Waals surface area (Å²) in [5, 5.41) is 0. The molecule has 0 aromatic rings. The SMILES string of the molecule is CCOC(=O)C1CCN(CC2CCC(F)(F)C2)CC1. The van der Waals surface area contributed by atoms with Crippen molar-refractivity contribution in [1.82, 2.24) is 4.90 Å². The molecule has 3 nitrogen and oxygen atoms in total. The van der Waals surface area contributed by atoms with E-state index in [0.717, 1.165) is 32.5 Å². The number of hydrogen-bond donors (Lipinski definition) is 0. The number of likely N-dealkylation sites (tertiary alicyclic amines) is 1. The summed E-state index contributed by atoms with van der Waals surface area (Å²) < 4.78 is 31.3. The van der Waals surface area contributed by atoms with Crippen molar-refractivity contribution >= 4 is 5.97 Å². The van der Waals surface area contributed by atoms with Crippen LogP contribution in [0.1, 0.15) is 39.0 Å². The molecule has 1 aliphatic heterocycles. The molecule has 5 heteroatoms. The number of carbonyl (C=O) groups is 1. The maximum Gasteiger partial charge on any atom is 0.309 e. The summed E-state index contributed by atoms with van der Waals surface area (Å²) in [6, 6.07) is 0. The number of esters is 1. The molecule has 110 valence electrons. The average molecular weight is 275 g/mol. The van der Waals surface area contributed by atoms with Crippen molar-refractivity contribution in [2.45, 2.75) is 45.0 Å². The quantitative estimate of drug-likeness (QED) is 0.739. The molecule has 1 saturated heterocycles. The molecule has 2 aliphatic rings. The first-order chi connectivity index (χ1) is 9.00. The molecule has 1 atom stereocenters. The van der Waals surface area contributed by atoms with Gasteiger partial charge in [-0.25, -0.2) is 8.78 Å².